The van der Waals surface area contributed by atoms with Gasteiger partial charge in [0.05, 0.1) is 11.7 Å². The first-order chi connectivity index (χ1) is 8.06. The highest BCUT2D eigenvalue weighted by Crippen LogP contribution is 2.29. The van der Waals surface area contributed by atoms with Crippen LogP contribution in [0.3, 0.4) is 0 Å². The van der Waals surface area contributed by atoms with Crippen LogP contribution in [0, 0.1) is 5.82 Å². The van der Waals surface area contributed by atoms with Gasteiger partial charge in [0.15, 0.2) is 0 Å². The van der Waals surface area contributed by atoms with E-state index in [1.54, 1.807) is 23.5 Å². The lowest BCUT2D eigenvalue weighted by atomic mass is 10.2. The molecule has 1 unspecified atom stereocenters. The van der Waals surface area contributed by atoms with Gasteiger partial charge in [-0.15, -0.1) is 11.3 Å². The van der Waals surface area contributed by atoms with Crippen molar-refractivity contribution in [1.29, 1.82) is 0 Å². The summed E-state index contributed by atoms with van der Waals surface area (Å²) in [5.41, 5.74) is 0.511. The summed E-state index contributed by atoms with van der Waals surface area (Å²) in [5, 5.41) is 5.18. The van der Waals surface area contributed by atoms with E-state index in [4.69, 9.17) is 0 Å². The van der Waals surface area contributed by atoms with E-state index in [1.165, 1.54) is 6.07 Å². The van der Waals surface area contributed by atoms with Gasteiger partial charge in [-0.25, -0.2) is 4.39 Å². The normalized spacial score (nSPS) is 12.5. The molecule has 0 aliphatic rings. The predicted octanol–water partition coefficient (Wildman–Crippen LogP) is 5.59. The fourth-order valence-electron chi connectivity index (χ4n) is 1.47. The summed E-state index contributed by atoms with van der Waals surface area (Å²) in [6.07, 6.45) is 0. The SMILES string of the molecule is CC(Nc1cc(Br)ccc1F)c1cc(Br)cs1. The van der Waals surface area contributed by atoms with Gasteiger partial charge in [-0.05, 0) is 47.1 Å². The molecule has 1 heterocycles. The average molecular weight is 379 g/mol. The zero-order valence-electron chi connectivity index (χ0n) is 9.01. The van der Waals surface area contributed by atoms with Crippen LogP contribution in [0.1, 0.15) is 17.8 Å². The highest BCUT2D eigenvalue weighted by atomic mass is 79.9. The second-order valence-electron chi connectivity index (χ2n) is 3.66. The Balaban J connectivity index is 2.18. The maximum atomic E-state index is 13.6. The summed E-state index contributed by atoms with van der Waals surface area (Å²) in [6, 6.07) is 7.00. The molecular weight excluding hydrogens is 369 g/mol. The Morgan fingerprint density at radius 3 is 2.65 bits per heavy atom. The number of benzene rings is 1. The molecule has 0 bridgehead atoms. The number of hydrogen-bond donors (Lipinski definition) is 1. The fourth-order valence-corrected chi connectivity index (χ4v) is 3.28. The molecule has 1 aromatic carbocycles. The Labute approximate surface area is 120 Å². The van der Waals surface area contributed by atoms with Crippen molar-refractivity contribution in [3.05, 3.63) is 49.3 Å². The average Bonchev–Trinajstić information content (AvgIpc) is 2.70. The van der Waals surface area contributed by atoms with Crippen LogP contribution < -0.4 is 5.32 Å². The van der Waals surface area contributed by atoms with Gasteiger partial charge in [0, 0.05) is 19.2 Å². The van der Waals surface area contributed by atoms with Crippen LogP contribution in [0.2, 0.25) is 0 Å². The van der Waals surface area contributed by atoms with Gasteiger partial charge in [-0.3, -0.25) is 0 Å². The van der Waals surface area contributed by atoms with E-state index in [0.717, 1.165) is 13.8 Å². The number of rotatable bonds is 3. The van der Waals surface area contributed by atoms with Crippen molar-refractivity contribution in [2.75, 3.05) is 5.32 Å². The van der Waals surface area contributed by atoms with Crippen molar-refractivity contribution in [3.8, 4) is 0 Å². The minimum Gasteiger partial charge on any atom is -0.375 e. The van der Waals surface area contributed by atoms with Crippen LogP contribution in [0.5, 0.6) is 0 Å². The minimum atomic E-state index is -0.240. The summed E-state index contributed by atoms with van der Waals surface area (Å²) >= 11 is 8.39. The Morgan fingerprint density at radius 2 is 2.00 bits per heavy atom. The fraction of sp³-hybridized carbons (Fsp3) is 0.167. The first-order valence-corrected chi connectivity index (χ1v) is 7.48. The largest absolute Gasteiger partial charge is 0.375 e. The van der Waals surface area contributed by atoms with Gasteiger partial charge >= 0.3 is 0 Å². The van der Waals surface area contributed by atoms with Gasteiger partial charge in [0.25, 0.3) is 0 Å². The van der Waals surface area contributed by atoms with Gasteiger partial charge in [-0.2, -0.15) is 0 Å². The van der Waals surface area contributed by atoms with Crippen LogP contribution in [0.25, 0.3) is 0 Å². The van der Waals surface area contributed by atoms with Crippen LogP contribution in [0.15, 0.2) is 38.6 Å². The molecule has 2 aromatic rings. The summed E-state index contributed by atoms with van der Waals surface area (Å²) in [6.45, 7) is 2.01. The Kier molecular flexibility index (Phi) is 4.22. The third-order valence-corrected chi connectivity index (χ3v) is 4.68. The number of nitrogens with one attached hydrogen (secondary N) is 1. The van der Waals surface area contributed by atoms with Crippen molar-refractivity contribution in [2.24, 2.45) is 0 Å². The molecule has 1 atom stereocenters. The number of halogens is 3. The van der Waals surface area contributed by atoms with E-state index in [2.05, 4.69) is 37.2 Å². The summed E-state index contributed by atoms with van der Waals surface area (Å²) in [7, 11) is 0. The number of anilines is 1. The molecule has 5 heteroatoms. The molecule has 0 spiro atoms. The van der Waals surface area contributed by atoms with E-state index in [0.29, 0.717) is 5.69 Å². The maximum absolute atomic E-state index is 13.6. The predicted molar refractivity (Wildman–Crippen MR) is 78.2 cm³/mol. The standard InChI is InChI=1S/C12H10Br2FNS/c1-7(12-5-9(14)6-17-12)16-11-4-8(13)2-3-10(11)15/h2-7,16H,1H3. The molecule has 0 amide bonds. The first kappa shape index (κ1) is 13.1. The molecule has 1 nitrogen and oxygen atoms in total. The molecule has 1 N–H and O–H groups in total. The van der Waals surface area contributed by atoms with Crippen molar-refractivity contribution in [3.63, 3.8) is 0 Å². The molecule has 0 aliphatic carbocycles. The third kappa shape index (κ3) is 3.30. The Morgan fingerprint density at radius 1 is 1.24 bits per heavy atom. The molecule has 17 heavy (non-hydrogen) atoms. The van der Waals surface area contributed by atoms with E-state index in [-0.39, 0.29) is 11.9 Å². The number of hydrogen-bond acceptors (Lipinski definition) is 2. The van der Waals surface area contributed by atoms with Crippen LogP contribution in [-0.2, 0) is 0 Å². The minimum absolute atomic E-state index is 0.0788. The quantitative estimate of drug-likeness (QED) is 0.734. The van der Waals surface area contributed by atoms with Gasteiger partial charge in [0.1, 0.15) is 5.82 Å². The summed E-state index contributed by atoms with van der Waals surface area (Å²) in [5.74, 6) is -0.240. The third-order valence-electron chi connectivity index (χ3n) is 2.31. The second kappa shape index (κ2) is 5.50. The van der Waals surface area contributed by atoms with Crippen LogP contribution in [0.4, 0.5) is 10.1 Å². The molecule has 1 aromatic heterocycles. The van der Waals surface area contributed by atoms with Gasteiger partial charge in [-0.1, -0.05) is 15.9 Å². The zero-order valence-corrected chi connectivity index (χ0v) is 13.0. The van der Waals surface area contributed by atoms with Crippen molar-refractivity contribution in [2.45, 2.75) is 13.0 Å². The Bertz CT molecular complexity index is 527. The lowest BCUT2D eigenvalue weighted by molar-refractivity contribution is 0.627. The van der Waals surface area contributed by atoms with Crippen molar-refractivity contribution >= 4 is 48.9 Å². The monoisotopic (exact) mass is 377 g/mol. The zero-order chi connectivity index (χ0) is 12.4. The second-order valence-corrected chi connectivity index (χ2v) is 6.43. The van der Waals surface area contributed by atoms with Crippen LogP contribution >= 0.6 is 43.2 Å². The molecule has 0 saturated heterocycles. The molecular formula is C12H10Br2FNS. The molecule has 90 valence electrons. The first-order valence-electron chi connectivity index (χ1n) is 5.02. The van der Waals surface area contributed by atoms with E-state index >= 15 is 0 Å². The van der Waals surface area contributed by atoms with E-state index in [1.807, 2.05) is 18.4 Å². The van der Waals surface area contributed by atoms with E-state index in [9.17, 15) is 4.39 Å². The Hall–Kier alpha value is -0.390. The molecule has 0 aliphatic heterocycles. The smallest absolute Gasteiger partial charge is 0.146 e. The van der Waals surface area contributed by atoms with Gasteiger partial charge in [0.2, 0.25) is 0 Å². The molecule has 2 rings (SSSR count). The van der Waals surface area contributed by atoms with Crippen LogP contribution in [-0.4, -0.2) is 0 Å². The topological polar surface area (TPSA) is 12.0 Å². The highest BCUT2D eigenvalue weighted by Gasteiger charge is 2.10. The summed E-state index contributed by atoms with van der Waals surface area (Å²) in [4.78, 5) is 1.16. The maximum Gasteiger partial charge on any atom is 0.146 e. The van der Waals surface area contributed by atoms with Gasteiger partial charge < -0.3 is 5.32 Å². The van der Waals surface area contributed by atoms with Crippen molar-refractivity contribution in [1.82, 2.24) is 0 Å². The van der Waals surface area contributed by atoms with E-state index < -0.39 is 0 Å². The molecule has 0 saturated carbocycles. The lowest BCUT2D eigenvalue weighted by Gasteiger charge is -2.14. The molecule has 0 radical (unpaired) electrons. The van der Waals surface area contributed by atoms with Crippen molar-refractivity contribution < 1.29 is 4.39 Å². The summed E-state index contributed by atoms with van der Waals surface area (Å²) < 4.78 is 15.5. The highest BCUT2D eigenvalue weighted by molar-refractivity contribution is 9.10. The number of thiophene rings is 1. The molecule has 0 fully saturated rings. The lowest BCUT2D eigenvalue weighted by Crippen LogP contribution is -2.06.